The summed E-state index contributed by atoms with van der Waals surface area (Å²) in [6.45, 7) is 6.51. The SMILES string of the molecule is CC(C)(C)OCCOc1cc(CBr)ccc1[N+](=O)[O-]. The molecule has 0 unspecified atom stereocenters. The third-order valence-corrected chi connectivity index (χ3v) is 2.90. The van der Waals surface area contributed by atoms with Gasteiger partial charge in [0.1, 0.15) is 6.61 Å². The zero-order chi connectivity index (χ0) is 14.5. The van der Waals surface area contributed by atoms with E-state index in [1.807, 2.05) is 20.8 Å². The van der Waals surface area contributed by atoms with Crippen LogP contribution in [0.4, 0.5) is 5.69 Å². The molecule has 0 fully saturated rings. The first-order chi connectivity index (χ1) is 8.83. The highest BCUT2D eigenvalue weighted by Gasteiger charge is 2.16. The summed E-state index contributed by atoms with van der Waals surface area (Å²) >= 11 is 3.31. The van der Waals surface area contributed by atoms with Gasteiger partial charge in [-0.2, -0.15) is 0 Å². The zero-order valence-electron chi connectivity index (χ0n) is 11.3. The van der Waals surface area contributed by atoms with Crippen LogP contribution in [0.3, 0.4) is 0 Å². The molecular weight excluding hydrogens is 314 g/mol. The van der Waals surface area contributed by atoms with Gasteiger partial charge in [0, 0.05) is 11.4 Å². The average Bonchev–Trinajstić information content (AvgIpc) is 2.33. The Kier molecular flexibility index (Phi) is 5.75. The van der Waals surface area contributed by atoms with E-state index >= 15 is 0 Å². The van der Waals surface area contributed by atoms with E-state index in [9.17, 15) is 10.1 Å². The van der Waals surface area contributed by atoms with Crippen LogP contribution in [0.5, 0.6) is 5.75 Å². The predicted molar refractivity (Wildman–Crippen MR) is 76.9 cm³/mol. The highest BCUT2D eigenvalue weighted by atomic mass is 79.9. The Morgan fingerprint density at radius 3 is 2.53 bits per heavy atom. The predicted octanol–water partition coefficient (Wildman–Crippen LogP) is 3.68. The molecule has 6 heteroatoms. The van der Waals surface area contributed by atoms with Gasteiger partial charge in [0.05, 0.1) is 17.1 Å². The average molecular weight is 332 g/mol. The lowest BCUT2D eigenvalue weighted by molar-refractivity contribution is -0.385. The van der Waals surface area contributed by atoms with Gasteiger partial charge in [0.15, 0.2) is 5.75 Å². The summed E-state index contributed by atoms with van der Waals surface area (Å²) < 4.78 is 11.0. The third kappa shape index (κ3) is 5.57. The van der Waals surface area contributed by atoms with Crippen LogP contribution in [0.2, 0.25) is 0 Å². The van der Waals surface area contributed by atoms with Crippen molar-refractivity contribution >= 4 is 21.6 Å². The molecule has 0 saturated heterocycles. The van der Waals surface area contributed by atoms with Crippen LogP contribution < -0.4 is 4.74 Å². The van der Waals surface area contributed by atoms with Crippen molar-refractivity contribution in [3.05, 3.63) is 33.9 Å². The van der Waals surface area contributed by atoms with E-state index in [1.165, 1.54) is 6.07 Å². The van der Waals surface area contributed by atoms with Crippen LogP contribution in [0.15, 0.2) is 18.2 Å². The van der Waals surface area contributed by atoms with Gasteiger partial charge in [-0.25, -0.2) is 0 Å². The Hall–Kier alpha value is -1.14. The minimum atomic E-state index is -0.446. The van der Waals surface area contributed by atoms with E-state index in [1.54, 1.807) is 12.1 Å². The van der Waals surface area contributed by atoms with Crippen molar-refractivity contribution in [1.82, 2.24) is 0 Å². The number of hydrogen-bond acceptors (Lipinski definition) is 4. The van der Waals surface area contributed by atoms with Crippen LogP contribution in [0.25, 0.3) is 0 Å². The van der Waals surface area contributed by atoms with Crippen molar-refractivity contribution in [2.75, 3.05) is 13.2 Å². The lowest BCUT2D eigenvalue weighted by Gasteiger charge is -2.19. The van der Waals surface area contributed by atoms with Crippen molar-refractivity contribution in [3.8, 4) is 5.75 Å². The van der Waals surface area contributed by atoms with Gasteiger partial charge >= 0.3 is 5.69 Å². The van der Waals surface area contributed by atoms with Crippen molar-refractivity contribution in [2.24, 2.45) is 0 Å². The molecule has 0 atom stereocenters. The molecule has 0 bridgehead atoms. The maximum Gasteiger partial charge on any atom is 0.310 e. The van der Waals surface area contributed by atoms with Gasteiger partial charge in [-0.05, 0) is 32.4 Å². The maximum atomic E-state index is 10.9. The largest absolute Gasteiger partial charge is 0.484 e. The number of benzene rings is 1. The van der Waals surface area contributed by atoms with Gasteiger partial charge in [0.2, 0.25) is 0 Å². The molecular formula is C13H18BrNO4. The van der Waals surface area contributed by atoms with Crippen molar-refractivity contribution < 1.29 is 14.4 Å². The van der Waals surface area contributed by atoms with E-state index in [4.69, 9.17) is 9.47 Å². The fourth-order valence-electron chi connectivity index (χ4n) is 1.41. The summed E-state index contributed by atoms with van der Waals surface area (Å²) in [4.78, 5) is 10.4. The molecule has 0 radical (unpaired) electrons. The Balaban J connectivity index is 2.67. The van der Waals surface area contributed by atoms with Gasteiger partial charge in [-0.15, -0.1) is 0 Å². The second-order valence-corrected chi connectivity index (χ2v) is 5.56. The van der Waals surface area contributed by atoms with E-state index in [0.29, 0.717) is 11.9 Å². The number of hydrogen-bond donors (Lipinski definition) is 0. The number of nitro benzene ring substituents is 1. The molecule has 0 spiro atoms. The van der Waals surface area contributed by atoms with Crippen LogP contribution in [0, 0.1) is 10.1 Å². The highest BCUT2D eigenvalue weighted by Crippen LogP contribution is 2.28. The summed E-state index contributed by atoms with van der Waals surface area (Å²) in [6, 6.07) is 4.83. The monoisotopic (exact) mass is 331 g/mol. The number of alkyl halides is 1. The van der Waals surface area contributed by atoms with Gasteiger partial charge in [-0.3, -0.25) is 10.1 Å². The molecule has 1 rings (SSSR count). The van der Waals surface area contributed by atoms with Gasteiger partial charge in [-0.1, -0.05) is 22.0 Å². The summed E-state index contributed by atoms with van der Waals surface area (Å²) in [5.74, 6) is 0.277. The van der Waals surface area contributed by atoms with Crippen LogP contribution in [0.1, 0.15) is 26.3 Å². The smallest absolute Gasteiger partial charge is 0.310 e. The highest BCUT2D eigenvalue weighted by molar-refractivity contribution is 9.08. The first-order valence-corrected chi connectivity index (χ1v) is 7.05. The molecule has 0 heterocycles. The van der Waals surface area contributed by atoms with Gasteiger partial charge in [0.25, 0.3) is 0 Å². The molecule has 19 heavy (non-hydrogen) atoms. The first kappa shape index (κ1) is 15.9. The Morgan fingerprint density at radius 1 is 1.32 bits per heavy atom. The number of nitro groups is 1. The lowest BCUT2D eigenvalue weighted by Crippen LogP contribution is -2.22. The Bertz CT molecular complexity index is 443. The third-order valence-electron chi connectivity index (χ3n) is 2.25. The molecule has 1 aromatic rings. The quantitative estimate of drug-likeness (QED) is 0.345. The Morgan fingerprint density at radius 2 is 2.00 bits per heavy atom. The van der Waals surface area contributed by atoms with Gasteiger partial charge < -0.3 is 9.47 Å². The standard InChI is InChI=1S/C13H18BrNO4/c1-13(2,3)19-7-6-18-12-8-10(9-14)4-5-11(12)15(16)17/h4-5,8H,6-7,9H2,1-3H3. The number of halogens is 1. The normalized spacial score (nSPS) is 11.4. The molecule has 106 valence electrons. The van der Waals surface area contributed by atoms with Crippen molar-refractivity contribution in [2.45, 2.75) is 31.7 Å². The van der Waals surface area contributed by atoms with E-state index in [2.05, 4.69) is 15.9 Å². The van der Waals surface area contributed by atoms with E-state index < -0.39 is 4.92 Å². The van der Waals surface area contributed by atoms with Crippen LogP contribution >= 0.6 is 15.9 Å². The Labute approximate surface area is 121 Å². The number of ether oxygens (including phenoxy) is 2. The van der Waals surface area contributed by atoms with Crippen LogP contribution in [-0.4, -0.2) is 23.7 Å². The van der Waals surface area contributed by atoms with E-state index in [-0.39, 0.29) is 23.6 Å². The maximum absolute atomic E-state index is 10.9. The zero-order valence-corrected chi connectivity index (χ0v) is 12.9. The molecule has 0 saturated carbocycles. The number of rotatable bonds is 6. The topological polar surface area (TPSA) is 61.6 Å². The lowest BCUT2D eigenvalue weighted by atomic mass is 10.2. The van der Waals surface area contributed by atoms with E-state index in [0.717, 1.165) is 5.56 Å². The minimum Gasteiger partial charge on any atom is -0.484 e. The van der Waals surface area contributed by atoms with Crippen molar-refractivity contribution in [1.29, 1.82) is 0 Å². The van der Waals surface area contributed by atoms with Crippen LogP contribution in [-0.2, 0) is 10.1 Å². The summed E-state index contributed by atoms with van der Waals surface area (Å²) in [6.07, 6.45) is 0. The molecule has 0 aliphatic rings. The molecule has 5 nitrogen and oxygen atoms in total. The fourth-order valence-corrected chi connectivity index (χ4v) is 1.76. The summed E-state index contributed by atoms with van der Waals surface area (Å²) in [7, 11) is 0. The first-order valence-electron chi connectivity index (χ1n) is 5.93. The summed E-state index contributed by atoms with van der Waals surface area (Å²) in [5.41, 5.74) is 0.658. The summed E-state index contributed by atoms with van der Waals surface area (Å²) in [5, 5.41) is 11.5. The second kappa shape index (κ2) is 6.86. The minimum absolute atomic E-state index is 0.0274. The second-order valence-electron chi connectivity index (χ2n) is 5.00. The number of nitrogens with zero attached hydrogens (tertiary/aromatic N) is 1. The van der Waals surface area contributed by atoms with Crippen molar-refractivity contribution in [3.63, 3.8) is 0 Å². The molecule has 1 aromatic carbocycles. The molecule has 0 N–H and O–H groups in total. The molecule has 0 aliphatic heterocycles. The molecule has 0 amide bonds. The molecule has 0 aliphatic carbocycles. The fraction of sp³-hybridized carbons (Fsp3) is 0.538. The molecule has 0 aromatic heterocycles.